The van der Waals surface area contributed by atoms with Crippen molar-refractivity contribution in [1.82, 2.24) is 4.90 Å². The Bertz CT molecular complexity index is 163. The van der Waals surface area contributed by atoms with Gasteiger partial charge in [-0.15, -0.1) is 0 Å². The summed E-state index contributed by atoms with van der Waals surface area (Å²) in [6.07, 6.45) is 0.930. The Labute approximate surface area is 80.9 Å². The summed E-state index contributed by atoms with van der Waals surface area (Å²) in [5.74, 6) is 0.447. The first-order chi connectivity index (χ1) is 5.88. The van der Waals surface area contributed by atoms with Crippen molar-refractivity contribution in [3.8, 4) is 0 Å². The number of nitrogens with zero attached hydrogens (tertiary/aromatic N) is 1. The molecule has 3 heteroatoms. The van der Waals surface area contributed by atoms with Gasteiger partial charge in [0.2, 0.25) is 0 Å². The lowest BCUT2D eigenvalue weighted by molar-refractivity contribution is 0.125. The van der Waals surface area contributed by atoms with Gasteiger partial charge in [0.25, 0.3) is 0 Å². The fourth-order valence-electron chi connectivity index (χ4n) is 1.98. The van der Waals surface area contributed by atoms with Crippen molar-refractivity contribution in [1.29, 1.82) is 0 Å². The fraction of sp³-hybridized carbons (Fsp3) is 1.00. The van der Waals surface area contributed by atoms with E-state index in [0.29, 0.717) is 5.92 Å². The molecule has 0 aromatic heterocycles. The Morgan fingerprint density at radius 3 is 2.62 bits per heavy atom. The third-order valence-electron chi connectivity index (χ3n) is 2.62. The van der Waals surface area contributed by atoms with E-state index in [-0.39, 0.29) is 11.6 Å². The van der Waals surface area contributed by atoms with Crippen LogP contribution in [0.25, 0.3) is 0 Å². The van der Waals surface area contributed by atoms with Crippen molar-refractivity contribution in [2.75, 3.05) is 19.6 Å². The average molecular weight is 186 g/mol. The molecule has 1 saturated heterocycles. The highest BCUT2D eigenvalue weighted by atomic mass is 16.3. The van der Waals surface area contributed by atoms with Gasteiger partial charge < -0.3 is 15.7 Å². The van der Waals surface area contributed by atoms with Crippen LogP contribution in [0.15, 0.2) is 0 Å². The molecule has 1 heterocycles. The molecule has 3 nitrogen and oxygen atoms in total. The molecule has 1 rings (SSSR count). The predicted molar refractivity (Wildman–Crippen MR) is 54.5 cm³/mol. The van der Waals surface area contributed by atoms with E-state index < -0.39 is 0 Å². The molecule has 0 bridgehead atoms. The molecule has 0 amide bonds. The van der Waals surface area contributed by atoms with Crippen LogP contribution >= 0.6 is 0 Å². The lowest BCUT2D eigenvalue weighted by Crippen LogP contribution is -2.44. The van der Waals surface area contributed by atoms with Crippen molar-refractivity contribution >= 4 is 0 Å². The minimum absolute atomic E-state index is 0.117. The topological polar surface area (TPSA) is 49.5 Å². The molecule has 0 spiro atoms. The van der Waals surface area contributed by atoms with Gasteiger partial charge in [0.05, 0.1) is 6.10 Å². The molecule has 0 aromatic rings. The van der Waals surface area contributed by atoms with Gasteiger partial charge in [-0.3, -0.25) is 0 Å². The highest BCUT2D eigenvalue weighted by Gasteiger charge is 2.28. The van der Waals surface area contributed by atoms with Crippen LogP contribution in [0.4, 0.5) is 0 Å². The molecule has 1 fully saturated rings. The van der Waals surface area contributed by atoms with Gasteiger partial charge in [-0.2, -0.15) is 0 Å². The van der Waals surface area contributed by atoms with Crippen LogP contribution in [0, 0.1) is 5.92 Å². The molecular formula is C10H22N2O. The summed E-state index contributed by atoms with van der Waals surface area (Å²) in [4.78, 5) is 2.34. The van der Waals surface area contributed by atoms with Gasteiger partial charge >= 0.3 is 0 Å². The molecule has 0 radical (unpaired) electrons. The van der Waals surface area contributed by atoms with E-state index in [4.69, 9.17) is 5.73 Å². The molecular weight excluding hydrogens is 164 g/mol. The molecule has 2 atom stereocenters. The van der Waals surface area contributed by atoms with E-state index in [1.807, 2.05) is 20.8 Å². The molecule has 0 aliphatic carbocycles. The number of aliphatic hydroxyl groups is 1. The Kier molecular flexibility index (Phi) is 3.33. The third kappa shape index (κ3) is 3.63. The largest absolute Gasteiger partial charge is 0.393 e. The molecule has 2 unspecified atom stereocenters. The van der Waals surface area contributed by atoms with Crippen LogP contribution < -0.4 is 5.73 Å². The van der Waals surface area contributed by atoms with Crippen LogP contribution in [0.1, 0.15) is 27.2 Å². The van der Waals surface area contributed by atoms with E-state index in [2.05, 4.69) is 4.90 Å². The molecule has 0 aromatic carbocycles. The highest BCUT2D eigenvalue weighted by molar-refractivity contribution is 4.84. The first kappa shape index (κ1) is 11.0. The van der Waals surface area contributed by atoms with Gasteiger partial charge in [-0.1, -0.05) is 0 Å². The van der Waals surface area contributed by atoms with Crippen molar-refractivity contribution in [2.45, 2.75) is 38.8 Å². The quantitative estimate of drug-likeness (QED) is 0.672. The summed E-state index contributed by atoms with van der Waals surface area (Å²) >= 11 is 0. The van der Waals surface area contributed by atoms with Gasteiger partial charge in [0.1, 0.15) is 0 Å². The van der Waals surface area contributed by atoms with Crippen LogP contribution in [-0.4, -0.2) is 41.3 Å². The van der Waals surface area contributed by atoms with E-state index >= 15 is 0 Å². The standard InChI is InChI=1S/C10H22N2O/c1-8(13)9-4-5-12(6-9)7-10(2,3)11/h8-9,13H,4-7,11H2,1-3H3. The third-order valence-corrected chi connectivity index (χ3v) is 2.62. The predicted octanol–water partition coefficient (Wildman–Crippen LogP) is 0.426. The maximum Gasteiger partial charge on any atom is 0.0552 e. The van der Waals surface area contributed by atoms with Crippen molar-refractivity contribution in [2.24, 2.45) is 11.7 Å². The van der Waals surface area contributed by atoms with E-state index in [1.54, 1.807) is 0 Å². The second-order valence-electron chi connectivity index (χ2n) is 5.01. The van der Waals surface area contributed by atoms with Crippen LogP contribution in [0.5, 0.6) is 0 Å². The number of rotatable bonds is 3. The number of hydrogen-bond acceptors (Lipinski definition) is 3. The lowest BCUT2D eigenvalue weighted by Gasteiger charge is -2.26. The zero-order valence-electron chi connectivity index (χ0n) is 8.95. The molecule has 1 aliphatic heterocycles. The maximum absolute atomic E-state index is 9.41. The number of nitrogens with two attached hydrogens (primary N) is 1. The number of aliphatic hydroxyl groups excluding tert-OH is 1. The Balaban J connectivity index is 2.33. The molecule has 0 saturated carbocycles. The zero-order valence-corrected chi connectivity index (χ0v) is 8.95. The normalized spacial score (nSPS) is 27.9. The lowest BCUT2D eigenvalue weighted by atomic mass is 10.0. The first-order valence-electron chi connectivity index (χ1n) is 5.08. The van der Waals surface area contributed by atoms with Gasteiger partial charge in [-0.25, -0.2) is 0 Å². The molecule has 3 N–H and O–H groups in total. The van der Waals surface area contributed by atoms with Crippen molar-refractivity contribution < 1.29 is 5.11 Å². The summed E-state index contributed by atoms with van der Waals surface area (Å²) in [5, 5.41) is 9.41. The second-order valence-corrected chi connectivity index (χ2v) is 5.01. The maximum atomic E-state index is 9.41. The Morgan fingerprint density at radius 2 is 2.23 bits per heavy atom. The minimum Gasteiger partial charge on any atom is -0.393 e. The monoisotopic (exact) mass is 186 g/mol. The molecule has 1 aliphatic rings. The van der Waals surface area contributed by atoms with E-state index in [1.165, 1.54) is 0 Å². The molecule has 13 heavy (non-hydrogen) atoms. The Morgan fingerprint density at radius 1 is 1.62 bits per heavy atom. The smallest absolute Gasteiger partial charge is 0.0552 e. The number of likely N-dealkylation sites (tertiary alicyclic amines) is 1. The average Bonchev–Trinajstić information content (AvgIpc) is 2.31. The van der Waals surface area contributed by atoms with Gasteiger partial charge in [0, 0.05) is 18.6 Å². The van der Waals surface area contributed by atoms with Crippen LogP contribution in [-0.2, 0) is 0 Å². The summed E-state index contributed by atoms with van der Waals surface area (Å²) in [7, 11) is 0. The second kappa shape index (κ2) is 3.95. The van der Waals surface area contributed by atoms with Crippen molar-refractivity contribution in [3.63, 3.8) is 0 Å². The van der Waals surface area contributed by atoms with E-state index in [0.717, 1.165) is 26.1 Å². The van der Waals surface area contributed by atoms with E-state index in [9.17, 15) is 5.11 Å². The summed E-state index contributed by atoms with van der Waals surface area (Å²) in [6, 6.07) is 0. The summed E-state index contributed by atoms with van der Waals surface area (Å²) in [6.45, 7) is 8.97. The first-order valence-corrected chi connectivity index (χ1v) is 5.08. The minimum atomic E-state index is -0.175. The van der Waals surface area contributed by atoms with Crippen molar-refractivity contribution in [3.05, 3.63) is 0 Å². The number of hydrogen-bond donors (Lipinski definition) is 2. The fourth-order valence-corrected chi connectivity index (χ4v) is 1.98. The summed E-state index contributed by atoms with van der Waals surface area (Å²) < 4.78 is 0. The van der Waals surface area contributed by atoms with Gasteiger partial charge in [0.15, 0.2) is 0 Å². The van der Waals surface area contributed by atoms with Crippen LogP contribution in [0.3, 0.4) is 0 Å². The Hall–Kier alpha value is -0.120. The van der Waals surface area contributed by atoms with Gasteiger partial charge in [-0.05, 0) is 39.7 Å². The highest BCUT2D eigenvalue weighted by Crippen LogP contribution is 2.20. The van der Waals surface area contributed by atoms with Crippen LogP contribution in [0.2, 0.25) is 0 Å². The zero-order chi connectivity index (χ0) is 10.1. The molecule has 78 valence electrons. The SMILES string of the molecule is CC(O)C1CCN(CC(C)(C)N)C1. The summed E-state index contributed by atoms with van der Waals surface area (Å²) in [5.41, 5.74) is 5.82.